The van der Waals surface area contributed by atoms with Crippen molar-refractivity contribution in [1.29, 1.82) is 0 Å². The summed E-state index contributed by atoms with van der Waals surface area (Å²) >= 11 is 0. The standard InChI is InChI=1S/C8H16N2O4/c1-2-6(9)8(13)10-3-4-14-5-7(11)12/h6H,2-5,9H2,1H3,(H,10,13)(H,11,12)/t6-/m0/s1. The van der Waals surface area contributed by atoms with Crippen LogP contribution in [0.15, 0.2) is 0 Å². The quantitative estimate of drug-likeness (QED) is 0.459. The van der Waals surface area contributed by atoms with Crippen LogP contribution in [0.2, 0.25) is 0 Å². The Kier molecular flexibility index (Phi) is 6.69. The normalized spacial score (nSPS) is 12.1. The van der Waals surface area contributed by atoms with Crippen molar-refractivity contribution in [1.82, 2.24) is 5.32 Å². The maximum atomic E-state index is 11.1. The zero-order valence-electron chi connectivity index (χ0n) is 8.16. The molecular weight excluding hydrogens is 188 g/mol. The molecule has 0 saturated carbocycles. The van der Waals surface area contributed by atoms with E-state index < -0.39 is 12.0 Å². The van der Waals surface area contributed by atoms with Crippen LogP contribution < -0.4 is 11.1 Å². The fourth-order valence-corrected chi connectivity index (χ4v) is 0.722. The van der Waals surface area contributed by atoms with Gasteiger partial charge in [0.2, 0.25) is 5.91 Å². The Hall–Kier alpha value is -1.14. The van der Waals surface area contributed by atoms with Crippen LogP contribution in [0.25, 0.3) is 0 Å². The first kappa shape index (κ1) is 12.9. The summed E-state index contributed by atoms with van der Waals surface area (Å²) < 4.78 is 4.70. The molecule has 0 aromatic heterocycles. The number of carbonyl (C=O) groups is 2. The fraction of sp³-hybridized carbons (Fsp3) is 0.750. The van der Waals surface area contributed by atoms with Gasteiger partial charge in [0.25, 0.3) is 0 Å². The Morgan fingerprint density at radius 1 is 1.57 bits per heavy atom. The van der Waals surface area contributed by atoms with Gasteiger partial charge in [0.1, 0.15) is 6.61 Å². The molecule has 14 heavy (non-hydrogen) atoms. The van der Waals surface area contributed by atoms with Gasteiger partial charge in [-0.05, 0) is 6.42 Å². The van der Waals surface area contributed by atoms with Gasteiger partial charge in [0.15, 0.2) is 0 Å². The number of nitrogens with one attached hydrogen (secondary N) is 1. The highest BCUT2D eigenvalue weighted by Gasteiger charge is 2.09. The predicted octanol–water partition coefficient (Wildman–Crippen LogP) is -1.06. The Balaban J connectivity index is 3.36. The minimum atomic E-state index is -1.03. The average molecular weight is 204 g/mol. The number of carboxylic acids is 1. The van der Waals surface area contributed by atoms with Crippen molar-refractivity contribution in [3.05, 3.63) is 0 Å². The topological polar surface area (TPSA) is 102 Å². The molecule has 0 rings (SSSR count). The molecule has 0 aromatic rings. The average Bonchev–Trinajstić information content (AvgIpc) is 2.15. The van der Waals surface area contributed by atoms with E-state index in [0.717, 1.165) is 0 Å². The molecule has 4 N–H and O–H groups in total. The highest BCUT2D eigenvalue weighted by molar-refractivity contribution is 5.81. The minimum absolute atomic E-state index is 0.175. The number of ether oxygens (including phenoxy) is 1. The summed E-state index contributed by atoms with van der Waals surface area (Å²) in [7, 11) is 0. The van der Waals surface area contributed by atoms with Crippen molar-refractivity contribution in [3.8, 4) is 0 Å². The molecule has 0 unspecified atom stereocenters. The lowest BCUT2D eigenvalue weighted by molar-refractivity contribution is -0.142. The Morgan fingerprint density at radius 2 is 2.21 bits per heavy atom. The van der Waals surface area contributed by atoms with Gasteiger partial charge in [0.05, 0.1) is 12.6 Å². The number of amides is 1. The van der Waals surface area contributed by atoms with E-state index in [1.165, 1.54) is 0 Å². The molecule has 0 radical (unpaired) electrons. The van der Waals surface area contributed by atoms with Gasteiger partial charge in [0, 0.05) is 6.54 Å². The van der Waals surface area contributed by atoms with Crippen LogP contribution in [0.4, 0.5) is 0 Å². The van der Waals surface area contributed by atoms with Crippen LogP contribution in [0.5, 0.6) is 0 Å². The van der Waals surface area contributed by atoms with Crippen LogP contribution >= 0.6 is 0 Å². The molecule has 0 aliphatic heterocycles. The Bertz CT molecular complexity index is 196. The third kappa shape index (κ3) is 6.38. The largest absolute Gasteiger partial charge is 0.480 e. The minimum Gasteiger partial charge on any atom is -0.480 e. The van der Waals surface area contributed by atoms with Gasteiger partial charge in [-0.15, -0.1) is 0 Å². The second kappa shape index (κ2) is 7.28. The zero-order valence-corrected chi connectivity index (χ0v) is 8.16. The van der Waals surface area contributed by atoms with E-state index in [0.29, 0.717) is 6.42 Å². The third-order valence-electron chi connectivity index (χ3n) is 1.55. The summed E-state index contributed by atoms with van der Waals surface area (Å²) in [5.41, 5.74) is 5.43. The highest BCUT2D eigenvalue weighted by Crippen LogP contribution is 1.84. The van der Waals surface area contributed by atoms with Crippen molar-refractivity contribution in [2.24, 2.45) is 5.73 Å². The molecule has 1 atom stereocenters. The van der Waals surface area contributed by atoms with Gasteiger partial charge >= 0.3 is 5.97 Å². The van der Waals surface area contributed by atoms with Crippen LogP contribution in [0.3, 0.4) is 0 Å². The van der Waals surface area contributed by atoms with Gasteiger partial charge in [-0.1, -0.05) is 6.92 Å². The number of carbonyl (C=O) groups excluding carboxylic acids is 1. The van der Waals surface area contributed by atoms with Crippen molar-refractivity contribution < 1.29 is 19.4 Å². The first-order valence-corrected chi connectivity index (χ1v) is 4.40. The van der Waals surface area contributed by atoms with Crippen molar-refractivity contribution in [3.63, 3.8) is 0 Å². The lowest BCUT2D eigenvalue weighted by Crippen LogP contribution is -2.41. The van der Waals surface area contributed by atoms with Crippen LogP contribution in [0, 0.1) is 0 Å². The third-order valence-corrected chi connectivity index (χ3v) is 1.55. The van der Waals surface area contributed by atoms with Crippen molar-refractivity contribution in [2.75, 3.05) is 19.8 Å². The van der Waals surface area contributed by atoms with Crippen LogP contribution in [-0.2, 0) is 14.3 Å². The van der Waals surface area contributed by atoms with E-state index in [1.807, 2.05) is 6.92 Å². The SMILES string of the molecule is CC[C@H](N)C(=O)NCCOCC(=O)O. The molecule has 6 nitrogen and oxygen atoms in total. The van der Waals surface area contributed by atoms with E-state index in [9.17, 15) is 9.59 Å². The summed E-state index contributed by atoms with van der Waals surface area (Å²) in [5, 5.41) is 10.7. The number of rotatable bonds is 7. The Morgan fingerprint density at radius 3 is 2.71 bits per heavy atom. The van der Waals surface area contributed by atoms with E-state index in [-0.39, 0.29) is 25.7 Å². The number of aliphatic carboxylic acids is 1. The lowest BCUT2D eigenvalue weighted by Gasteiger charge is -2.09. The van der Waals surface area contributed by atoms with Crippen LogP contribution in [0.1, 0.15) is 13.3 Å². The number of hydrogen-bond acceptors (Lipinski definition) is 4. The fourth-order valence-electron chi connectivity index (χ4n) is 0.722. The molecule has 0 aliphatic rings. The van der Waals surface area contributed by atoms with E-state index in [1.54, 1.807) is 0 Å². The summed E-state index contributed by atoms with van der Waals surface area (Å²) in [6.07, 6.45) is 0.571. The summed E-state index contributed by atoms with van der Waals surface area (Å²) in [6.45, 7) is 1.91. The first-order chi connectivity index (χ1) is 6.57. The molecule has 82 valence electrons. The number of hydrogen-bond donors (Lipinski definition) is 3. The molecule has 0 spiro atoms. The Labute approximate surface area is 82.4 Å². The number of nitrogens with two attached hydrogens (primary N) is 1. The summed E-state index contributed by atoms with van der Waals surface area (Å²) in [5.74, 6) is -1.27. The van der Waals surface area contributed by atoms with Gasteiger partial charge < -0.3 is 20.9 Å². The molecule has 0 aliphatic carbocycles. The summed E-state index contributed by atoms with van der Waals surface area (Å²) in [6, 6.07) is -0.505. The number of carboxylic acid groups (broad SMARTS) is 1. The van der Waals surface area contributed by atoms with Crippen LogP contribution in [-0.4, -0.2) is 42.8 Å². The molecular formula is C8H16N2O4. The van der Waals surface area contributed by atoms with Crippen molar-refractivity contribution >= 4 is 11.9 Å². The smallest absolute Gasteiger partial charge is 0.329 e. The predicted molar refractivity (Wildman–Crippen MR) is 49.7 cm³/mol. The zero-order chi connectivity index (χ0) is 11.0. The molecule has 0 fully saturated rings. The van der Waals surface area contributed by atoms with Gasteiger partial charge in [-0.2, -0.15) is 0 Å². The maximum Gasteiger partial charge on any atom is 0.329 e. The molecule has 0 aromatic carbocycles. The van der Waals surface area contributed by atoms with E-state index in [4.69, 9.17) is 15.6 Å². The highest BCUT2D eigenvalue weighted by atomic mass is 16.5. The van der Waals surface area contributed by atoms with E-state index >= 15 is 0 Å². The summed E-state index contributed by atoms with van der Waals surface area (Å²) in [4.78, 5) is 21.1. The van der Waals surface area contributed by atoms with Gasteiger partial charge in [-0.3, -0.25) is 4.79 Å². The van der Waals surface area contributed by atoms with Gasteiger partial charge in [-0.25, -0.2) is 4.79 Å². The second-order valence-electron chi connectivity index (χ2n) is 2.75. The monoisotopic (exact) mass is 204 g/mol. The lowest BCUT2D eigenvalue weighted by atomic mass is 10.2. The first-order valence-electron chi connectivity index (χ1n) is 4.40. The molecule has 1 amide bonds. The van der Waals surface area contributed by atoms with Crippen molar-refractivity contribution in [2.45, 2.75) is 19.4 Å². The molecule has 0 saturated heterocycles. The molecule has 0 heterocycles. The molecule has 6 heteroatoms. The van der Waals surface area contributed by atoms with E-state index in [2.05, 4.69) is 5.32 Å². The second-order valence-corrected chi connectivity index (χ2v) is 2.75. The molecule has 0 bridgehead atoms. The maximum absolute atomic E-state index is 11.1.